The normalized spacial score (nSPS) is 10.8. The number of ether oxygens (including phenoxy) is 1. The van der Waals surface area contributed by atoms with E-state index in [-0.39, 0.29) is 17.8 Å². The molecule has 0 aliphatic rings. The number of carbonyl (C=O) groups is 2. The predicted octanol–water partition coefficient (Wildman–Crippen LogP) is 1.53. The summed E-state index contributed by atoms with van der Waals surface area (Å²) in [6.07, 6.45) is 0. The van der Waals surface area contributed by atoms with Crippen LogP contribution < -0.4 is 10.0 Å². The molecule has 0 aliphatic carbocycles. The molecule has 0 heterocycles. The quantitative estimate of drug-likeness (QED) is 0.755. The fourth-order valence-electron chi connectivity index (χ4n) is 1.89. The molecule has 0 aromatic heterocycles. The van der Waals surface area contributed by atoms with Crippen LogP contribution in [0.5, 0.6) is 0 Å². The standard InChI is InChI=1S/C16H15FN2O5S/c1-24-15(20)10-18-16(21)11-6-8-12(9-7-11)19-25(22,23)14-5-3-2-4-13(14)17/h2-9,19H,10H2,1H3,(H,18,21). The Kier molecular flexibility index (Phi) is 5.71. The lowest BCUT2D eigenvalue weighted by Gasteiger charge is -2.09. The van der Waals surface area contributed by atoms with Gasteiger partial charge in [-0.05, 0) is 36.4 Å². The van der Waals surface area contributed by atoms with Crippen molar-refractivity contribution < 1.29 is 27.1 Å². The van der Waals surface area contributed by atoms with Gasteiger partial charge in [-0.25, -0.2) is 12.8 Å². The second-order valence-electron chi connectivity index (χ2n) is 4.87. The number of rotatable bonds is 6. The molecule has 0 atom stereocenters. The van der Waals surface area contributed by atoms with Gasteiger partial charge in [0.2, 0.25) is 0 Å². The molecule has 0 unspecified atom stereocenters. The van der Waals surface area contributed by atoms with E-state index in [1.54, 1.807) is 0 Å². The molecule has 0 fully saturated rings. The first-order valence-corrected chi connectivity index (χ1v) is 8.54. The van der Waals surface area contributed by atoms with Gasteiger partial charge in [-0.3, -0.25) is 14.3 Å². The number of amides is 1. The van der Waals surface area contributed by atoms with Crippen LogP contribution in [0.25, 0.3) is 0 Å². The zero-order valence-electron chi connectivity index (χ0n) is 13.2. The van der Waals surface area contributed by atoms with Gasteiger partial charge in [-0.15, -0.1) is 0 Å². The Morgan fingerprint density at radius 1 is 1.08 bits per heavy atom. The van der Waals surface area contributed by atoms with Crippen LogP contribution in [0, 0.1) is 5.82 Å². The molecule has 2 aromatic rings. The van der Waals surface area contributed by atoms with Crippen LogP contribution in [0.4, 0.5) is 10.1 Å². The molecule has 1 amide bonds. The van der Waals surface area contributed by atoms with Crippen molar-refractivity contribution in [3.8, 4) is 0 Å². The third-order valence-electron chi connectivity index (χ3n) is 3.15. The first-order valence-electron chi connectivity index (χ1n) is 7.06. The summed E-state index contributed by atoms with van der Waals surface area (Å²) in [4.78, 5) is 22.3. The van der Waals surface area contributed by atoms with E-state index < -0.39 is 32.6 Å². The molecule has 7 nitrogen and oxygen atoms in total. The van der Waals surface area contributed by atoms with Crippen molar-refractivity contribution >= 4 is 27.6 Å². The van der Waals surface area contributed by atoms with Gasteiger partial charge in [0.25, 0.3) is 15.9 Å². The summed E-state index contributed by atoms with van der Waals surface area (Å²) in [7, 11) is -2.89. The van der Waals surface area contributed by atoms with E-state index in [0.29, 0.717) is 0 Å². The van der Waals surface area contributed by atoms with Crippen molar-refractivity contribution in [2.45, 2.75) is 4.90 Å². The zero-order chi connectivity index (χ0) is 18.4. The molecule has 25 heavy (non-hydrogen) atoms. The number of esters is 1. The third kappa shape index (κ3) is 4.77. The van der Waals surface area contributed by atoms with Crippen LogP contribution in [-0.2, 0) is 19.6 Å². The van der Waals surface area contributed by atoms with Gasteiger partial charge in [-0.1, -0.05) is 12.1 Å². The van der Waals surface area contributed by atoms with Crippen LogP contribution in [0.2, 0.25) is 0 Å². The average molecular weight is 366 g/mol. The number of hydrogen-bond acceptors (Lipinski definition) is 5. The monoisotopic (exact) mass is 366 g/mol. The fraction of sp³-hybridized carbons (Fsp3) is 0.125. The molecule has 9 heteroatoms. The average Bonchev–Trinajstić information content (AvgIpc) is 2.59. The first kappa shape index (κ1) is 18.4. The van der Waals surface area contributed by atoms with E-state index in [2.05, 4.69) is 14.8 Å². The molecule has 132 valence electrons. The molecule has 0 radical (unpaired) electrons. The highest BCUT2D eigenvalue weighted by Crippen LogP contribution is 2.19. The van der Waals surface area contributed by atoms with E-state index in [9.17, 15) is 22.4 Å². The summed E-state index contributed by atoms with van der Waals surface area (Å²) < 4.78 is 44.6. The topological polar surface area (TPSA) is 102 Å². The molecular weight excluding hydrogens is 351 g/mol. The second-order valence-corrected chi connectivity index (χ2v) is 6.52. The van der Waals surface area contributed by atoms with Crippen LogP contribution in [0.1, 0.15) is 10.4 Å². The first-order chi connectivity index (χ1) is 11.8. The summed E-state index contributed by atoms with van der Waals surface area (Å²) in [6.45, 7) is -0.281. The Bertz CT molecular complexity index is 882. The van der Waals surface area contributed by atoms with Gasteiger partial charge < -0.3 is 10.1 Å². The maximum Gasteiger partial charge on any atom is 0.325 e. The van der Waals surface area contributed by atoms with Gasteiger partial charge in [0, 0.05) is 11.3 Å². The minimum Gasteiger partial charge on any atom is -0.468 e. The van der Waals surface area contributed by atoms with Gasteiger partial charge in [-0.2, -0.15) is 0 Å². The van der Waals surface area contributed by atoms with Crippen molar-refractivity contribution in [1.29, 1.82) is 0 Å². The van der Waals surface area contributed by atoms with Crippen molar-refractivity contribution in [2.75, 3.05) is 18.4 Å². The van der Waals surface area contributed by atoms with E-state index >= 15 is 0 Å². The van der Waals surface area contributed by atoms with Gasteiger partial charge >= 0.3 is 5.97 Å². The van der Waals surface area contributed by atoms with Crippen molar-refractivity contribution in [1.82, 2.24) is 5.32 Å². The van der Waals surface area contributed by atoms with Crippen LogP contribution in [-0.4, -0.2) is 33.9 Å². The van der Waals surface area contributed by atoms with Gasteiger partial charge in [0.05, 0.1) is 7.11 Å². The highest BCUT2D eigenvalue weighted by molar-refractivity contribution is 7.92. The SMILES string of the molecule is COC(=O)CNC(=O)c1ccc(NS(=O)(=O)c2ccccc2F)cc1. The number of methoxy groups -OCH3 is 1. The van der Waals surface area contributed by atoms with Crippen molar-refractivity contribution in [3.63, 3.8) is 0 Å². The number of hydrogen-bond donors (Lipinski definition) is 2. The lowest BCUT2D eigenvalue weighted by molar-refractivity contribution is -0.139. The lowest BCUT2D eigenvalue weighted by Crippen LogP contribution is -2.30. The molecular formula is C16H15FN2O5S. The molecule has 0 spiro atoms. The lowest BCUT2D eigenvalue weighted by atomic mass is 10.2. The third-order valence-corrected chi connectivity index (χ3v) is 4.56. The van der Waals surface area contributed by atoms with E-state index in [0.717, 1.165) is 12.1 Å². The second kappa shape index (κ2) is 7.75. The number of benzene rings is 2. The number of anilines is 1. The molecule has 0 saturated heterocycles. The van der Waals surface area contributed by atoms with Gasteiger partial charge in [0.15, 0.2) is 0 Å². The molecule has 2 aromatic carbocycles. The minimum absolute atomic E-state index is 0.160. The summed E-state index contributed by atoms with van der Waals surface area (Å²) in [5.74, 6) is -1.98. The Morgan fingerprint density at radius 3 is 2.32 bits per heavy atom. The van der Waals surface area contributed by atoms with Crippen molar-refractivity contribution in [2.24, 2.45) is 0 Å². The summed E-state index contributed by atoms with van der Waals surface area (Å²) in [5.41, 5.74) is 0.380. The maximum atomic E-state index is 13.6. The molecule has 2 rings (SSSR count). The van der Waals surface area contributed by atoms with Crippen LogP contribution in [0.15, 0.2) is 53.4 Å². The zero-order valence-corrected chi connectivity index (χ0v) is 14.0. The Balaban J connectivity index is 2.09. The number of halogens is 1. The Hall–Kier alpha value is -2.94. The smallest absolute Gasteiger partial charge is 0.325 e. The highest BCUT2D eigenvalue weighted by atomic mass is 32.2. The summed E-state index contributed by atoms with van der Waals surface area (Å²) in [5, 5.41) is 2.35. The number of carbonyl (C=O) groups excluding carboxylic acids is 2. The predicted molar refractivity (Wildman–Crippen MR) is 88.0 cm³/mol. The van der Waals surface area contributed by atoms with Gasteiger partial charge in [0.1, 0.15) is 17.3 Å². The minimum atomic E-state index is -4.09. The van der Waals surface area contributed by atoms with Crippen LogP contribution in [0.3, 0.4) is 0 Å². The van der Waals surface area contributed by atoms with E-state index in [1.165, 1.54) is 43.5 Å². The number of sulfonamides is 1. The van der Waals surface area contributed by atoms with Crippen molar-refractivity contribution in [3.05, 3.63) is 59.9 Å². The maximum absolute atomic E-state index is 13.6. The molecule has 2 N–H and O–H groups in total. The highest BCUT2D eigenvalue weighted by Gasteiger charge is 2.18. The van der Waals surface area contributed by atoms with E-state index in [4.69, 9.17) is 0 Å². The van der Waals surface area contributed by atoms with Crippen LogP contribution >= 0.6 is 0 Å². The molecule has 0 bridgehead atoms. The fourth-order valence-corrected chi connectivity index (χ4v) is 3.03. The van der Waals surface area contributed by atoms with E-state index in [1.807, 2.05) is 0 Å². The molecule has 0 aliphatic heterocycles. The largest absolute Gasteiger partial charge is 0.468 e. The summed E-state index contributed by atoms with van der Waals surface area (Å²) in [6, 6.07) is 10.4. The number of nitrogens with one attached hydrogen (secondary N) is 2. The Labute approximate surface area is 143 Å². The summed E-state index contributed by atoms with van der Waals surface area (Å²) >= 11 is 0. The molecule has 0 saturated carbocycles. The Morgan fingerprint density at radius 2 is 1.72 bits per heavy atom.